The SMILES string of the molecule is Cc1nc(N)nc(Sc2cccc(Br)c2)c1[N+](=O)[O-]. The Morgan fingerprint density at radius 2 is 2.16 bits per heavy atom. The van der Waals surface area contributed by atoms with Crippen molar-refractivity contribution in [2.24, 2.45) is 0 Å². The molecule has 2 rings (SSSR count). The maximum Gasteiger partial charge on any atom is 0.322 e. The molecule has 0 aliphatic heterocycles. The fourth-order valence-corrected chi connectivity index (χ4v) is 3.05. The minimum absolute atomic E-state index is 0.0283. The summed E-state index contributed by atoms with van der Waals surface area (Å²) in [4.78, 5) is 19.2. The second-order valence-electron chi connectivity index (χ2n) is 3.64. The first-order chi connectivity index (χ1) is 8.97. The Morgan fingerprint density at radius 1 is 1.42 bits per heavy atom. The highest BCUT2D eigenvalue weighted by molar-refractivity contribution is 9.10. The second-order valence-corrected chi connectivity index (χ2v) is 5.62. The average Bonchev–Trinajstić information content (AvgIpc) is 2.26. The number of nitrogens with zero attached hydrogens (tertiary/aromatic N) is 3. The van der Waals surface area contributed by atoms with Crippen LogP contribution >= 0.6 is 27.7 Å². The molecule has 0 bridgehead atoms. The van der Waals surface area contributed by atoms with Gasteiger partial charge in [-0.2, -0.15) is 4.98 Å². The smallest absolute Gasteiger partial charge is 0.322 e. The van der Waals surface area contributed by atoms with Gasteiger partial charge in [0.1, 0.15) is 5.69 Å². The number of hydrogen-bond acceptors (Lipinski definition) is 6. The molecule has 0 spiro atoms. The average molecular weight is 341 g/mol. The minimum Gasteiger partial charge on any atom is -0.368 e. The Morgan fingerprint density at radius 3 is 2.79 bits per heavy atom. The number of nitrogen functional groups attached to an aromatic ring is 1. The molecule has 0 amide bonds. The quantitative estimate of drug-likeness (QED) is 0.523. The molecule has 0 atom stereocenters. The van der Waals surface area contributed by atoms with Crippen LogP contribution in [0.5, 0.6) is 0 Å². The van der Waals surface area contributed by atoms with E-state index in [1.807, 2.05) is 24.3 Å². The zero-order chi connectivity index (χ0) is 14.0. The molecule has 2 N–H and O–H groups in total. The van der Waals surface area contributed by atoms with Gasteiger partial charge in [-0.1, -0.05) is 33.8 Å². The van der Waals surface area contributed by atoms with Crippen LogP contribution in [0, 0.1) is 17.0 Å². The highest BCUT2D eigenvalue weighted by Crippen LogP contribution is 2.35. The first-order valence-corrected chi connectivity index (χ1v) is 6.80. The van der Waals surface area contributed by atoms with E-state index in [2.05, 4.69) is 25.9 Å². The molecule has 0 radical (unpaired) electrons. The number of nitrogens with two attached hydrogens (primary N) is 1. The molecule has 19 heavy (non-hydrogen) atoms. The van der Waals surface area contributed by atoms with Gasteiger partial charge in [0, 0.05) is 9.37 Å². The maximum absolute atomic E-state index is 11.1. The van der Waals surface area contributed by atoms with Crippen molar-refractivity contribution in [3.8, 4) is 0 Å². The summed E-state index contributed by atoms with van der Waals surface area (Å²) >= 11 is 4.53. The van der Waals surface area contributed by atoms with Gasteiger partial charge in [0.25, 0.3) is 0 Å². The van der Waals surface area contributed by atoms with E-state index in [1.165, 1.54) is 11.8 Å². The number of nitro groups is 1. The lowest BCUT2D eigenvalue weighted by Gasteiger charge is -2.05. The maximum atomic E-state index is 11.1. The summed E-state index contributed by atoms with van der Waals surface area (Å²) in [5, 5.41) is 11.3. The topological polar surface area (TPSA) is 94.9 Å². The summed E-state index contributed by atoms with van der Waals surface area (Å²) in [6.45, 7) is 1.54. The molecule has 0 aliphatic carbocycles. The fourth-order valence-electron chi connectivity index (χ4n) is 1.49. The van der Waals surface area contributed by atoms with Crippen molar-refractivity contribution in [3.63, 3.8) is 0 Å². The van der Waals surface area contributed by atoms with Crippen LogP contribution in [0.25, 0.3) is 0 Å². The molecule has 1 aromatic carbocycles. The largest absolute Gasteiger partial charge is 0.368 e. The molecule has 98 valence electrons. The number of halogens is 1. The van der Waals surface area contributed by atoms with Crippen LogP contribution in [0.2, 0.25) is 0 Å². The number of hydrogen-bond donors (Lipinski definition) is 1. The standard InChI is InChI=1S/C11H9BrN4O2S/c1-6-9(16(17)18)10(15-11(13)14-6)19-8-4-2-3-7(12)5-8/h2-5H,1H3,(H2,13,14,15). The van der Waals surface area contributed by atoms with Crippen LogP contribution < -0.4 is 5.73 Å². The van der Waals surface area contributed by atoms with E-state index in [0.29, 0.717) is 0 Å². The van der Waals surface area contributed by atoms with Crippen molar-refractivity contribution in [2.75, 3.05) is 5.73 Å². The van der Waals surface area contributed by atoms with E-state index < -0.39 is 4.92 Å². The van der Waals surface area contributed by atoms with Crippen molar-refractivity contribution >= 4 is 39.3 Å². The normalized spacial score (nSPS) is 10.4. The number of anilines is 1. The van der Waals surface area contributed by atoms with Crippen molar-refractivity contribution in [3.05, 3.63) is 44.5 Å². The number of aryl methyl sites for hydroxylation is 1. The van der Waals surface area contributed by atoms with Gasteiger partial charge in [-0.3, -0.25) is 10.1 Å². The summed E-state index contributed by atoms with van der Waals surface area (Å²) < 4.78 is 0.888. The Kier molecular flexibility index (Phi) is 4.01. The van der Waals surface area contributed by atoms with Crippen LogP contribution in [0.4, 0.5) is 11.6 Å². The van der Waals surface area contributed by atoms with Gasteiger partial charge in [0.15, 0.2) is 5.03 Å². The lowest BCUT2D eigenvalue weighted by Crippen LogP contribution is -2.03. The van der Waals surface area contributed by atoms with Gasteiger partial charge in [-0.05, 0) is 25.1 Å². The molecule has 0 saturated heterocycles. The lowest BCUT2D eigenvalue weighted by atomic mass is 10.4. The molecule has 0 fully saturated rings. The third-order valence-corrected chi connectivity index (χ3v) is 3.70. The monoisotopic (exact) mass is 340 g/mol. The first-order valence-electron chi connectivity index (χ1n) is 5.19. The summed E-state index contributed by atoms with van der Waals surface area (Å²) in [6, 6.07) is 7.41. The van der Waals surface area contributed by atoms with Gasteiger partial charge in [-0.15, -0.1) is 0 Å². The molecule has 0 aliphatic rings. The van der Waals surface area contributed by atoms with Gasteiger partial charge >= 0.3 is 5.69 Å². The first kappa shape index (κ1) is 13.8. The highest BCUT2D eigenvalue weighted by Gasteiger charge is 2.22. The van der Waals surface area contributed by atoms with E-state index >= 15 is 0 Å². The molecule has 1 heterocycles. The molecule has 1 aromatic heterocycles. The van der Waals surface area contributed by atoms with Crippen LogP contribution in [-0.4, -0.2) is 14.9 Å². The molecule has 0 unspecified atom stereocenters. The number of aromatic nitrogens is 2. The van der Waals surface area contributed by atoms with Crippen molar-refractivity contribution in [1.82, 2.24) is 9.97 Å². The van der Waals surface area contributed by atoms with E-state index in [4.69, 9.17) is 5.73 Å². The second kappa shape index (κ2) is 5.54. The van der Waals surface area contributed by atoms with Crippen LogP contribution in [0.3, 0.4) is 0 Å². The van der Waals surface area contributed by atoms with Gasteiger partial charge in [-0.25, -0.2) is 4.98 Å². The van der Waals surface area contributed by atoms with Crippen LogP contribution in [-0.2, 0) is 0 Å². The summed E-state index contributed by atoms with van der Waals surface area (Å²) in [6.07, 6.45) is 0. The van der Waals surface area contributed by atoms with Crippen molar-refractivity contribution in [1.29, 1.82) is 0 Å². The molecular formula is C11H9BrN4O2S. The van der Waals surface area contributed by atoms with Crippen molar-refractivity contribution < 1.29 is 4.92 Å². The highest BCUT2D eigenvalue weighted by atomic mass is 79.9. The zero-order valence-corrected chi connectivity index (χ0v) is 12.2. The summed E-state index contributed by atoms with van der Waals surface area (Å²) in [7, 11) is 0. The van der Waals surface area contributed by atoms with E-state index in [9.17, 15) is 10.1 Å². The van der Waals surface area contributed by atoms with Gasteiger partial charge in [0.2, 0.25) is 5.95 Å². The Hall–Kier alpha value is -1.67. The molecule has 0 saturated carbocycles. The predicted molar refractivity (Wildman–Crippen MR) is 76.1 cm³/mol. The summed E-state index contributed by atoms with van der Waals surface area (Å²) in [5.74, 6) is 0.0283. The minimum atomic E-state index is -0.491. The van der Waals surface area contributed by atoms with Crippen LogP contribution in [0.15, 0.2) is 38.7 Å². The van der Waals surface area contributed by atoms with E-state index in [-0.39, 0.29) is 22.4 Å². The molecule has 8 heteroatoms. The lowest BCUT2D eigenvalue weighted by molar-refractivity contribution is -0.389. The van der Waals surface area contributed by atoms with Gasteiger partial charge < -0.3 is 5.73 Å². The number of benzene rings is 1. The third-order valence-electron chi connectivity index (χ3n) is 2.24. The van der Waals surface area contributed by atoms with E-state index in [0.717, 1.165) is 9.37 Å². The Labute approximate surface area is 121 Å². The fraction of sp³-hybridized carbons (Fsp3) is 0.0909. The number of rotatable bonds is 3. The predicted octanol–water partition coefficient (Wildman–Crippen LogP) is 3.19. The third kappa shape index (κ3) is 3.21. The Balaban J connectivity index is 2.47. The van der Waals surface area contributed by atoms with E-state index in [1.54, 1.807) is 6.92 Å². The molecular weight excluding hydrogens is 332 g/mol. The van der Waals surface area contributed by atoms with Crippen LogP contribution in [0.1, 0.15) is 5.69 Å². The Bertz CT molecular complexity index is 651. The molecule has 6 nitrogen and oxygen atoms in total. The molecule has 2 aromatic rings. The van der Waals surface area contributed by atoms with Crippen molar-refractivity contribution in [2.45, 2.75) is 16.8 Å². The zero-order valence-electron chi connectivity index (χ0n) is 9.83. The summed E-state index contributed by atoms with van der Waals surface area (Å²) in [5.41, 5.74) is 5.69. The van der Waals surface area contributed by atoms with Gasteiger partial charge in [0.05, 0.1) is 4.92 Å².